The normalized spacial score (nSPS) is 14.8. The van der Waals surface area contributed by atoms with Crippen molar-refractivity contribution in [1.29, 1.82) is 0 Å². The van der Waals surface area contributed by atoms with Crippen LogP contribution in [0.5, 0.6) is 0 Å². The lowest BCUT2D eigenvalue weighted by molar-refractivity contribution is -0.0159. The van der Waals surface area contributed by atoms with Crippen LogP contribution < -0.4 is 0 Å². The molecule has 16 heavy (non-hydrogen) atoms. The van der Waals surface area contributed by atoms with Crippen molar-refractivity contribution in [3.05, 3.63) is 35.6 Å². The Morgan fingerprint density at radius 2 is 2.19 bits per heavy atom. The number of hydrogen-bond donors (Lipinski definition) is 1. The van der Waals surface area contributed by atoms with Gasteiger partial charge in [0.25, 0.3) is 0 Å². The first-order chi connectivity index (χ1) is 7.67. The molecule has 0 radical (unpaired) electrons. The monoisotopic (exact) mass is 226 g/mol. The van der Waals surface area contributed by atoms with Gasteiger partial charge in [-0.3, -0.25) is 0 Å². The van der Waals surface area contributed by atoms with Gasteiger partial charge in [-0.15, -0.1) is 0 Å². The van der Waals surface area contributed by atoms with Gasteiger partial charge in [-0.1, -0.05) is 25.5 Å². The zero-order valence-corrected chi connectivity index (χ0v) is 9.82. The molecular weight excluding hydrogens is 207 g/mol. The molecule has 0 heterocycles. The lowest BCUT2D eigenvalue weighted by Gasteiger charge is -2.21. The van der Waals surface area contributed by atoms with Crippen LogP contribution in [-0.2, 0) is 11.2 Å². The molecule has 2 nitrogen and oxygen atoms in total. The van der Waals surface area contributed by atoms with E-state index in [2.05, 4.69) is 0 Å². The highest BCUT2D eigenvalue weighted by molar-refractivity contribution is 5.17. The lowest BCUT2D eigenvalue weighted by atomic mass is 10.0. The third kappa shape index (κ3) is 3.91. The summed E-state index contributed by atoms with van der Waals surface area (Å²) in [7, 11) is 1.59. The first-order valence-corrected chi connectivity index (χ1v) is 5.62. The summed E-state index contributed by atoms with van der Waals surface area (Å²) in [4.78, 5) is 0. The number of methoxy groups -OCH3 is 1. The minimum Gasteiger partial charge on any atom is -0.390 e. The Bertz CT molecular complexity index is 315. The topological polar surface area (TPSA) is 29.5 Å². The summed E-state index contributed by atoms with van der Waals surface area (Å²) in [6, 6.07) is 6.31. The van der Waals surface area contributed by atoms with E-state index in [0.717, 1.165) is 18.4 Å². The van der Waals surface area contributed by atoms with Gasteiger partial charge in [0.1, 0.15) is 5.82 Å². The predicted octanol–water partition coefficient (Wildman–Crippen LogP) is 2.54. The Kier molecular flexibility index (Phi) is 5.43. The Hall–Kier alpha value is -0.930. The van der Waals surface area contributed by atoms with Crippen LogP contribution in [0.25, 0.3) is 0 Å². The maximum atomic E-state index is 12.9. The van der Waals surface area contributed by atoms with Crippen LogP contribution in [0.1, 0.15) is 25.3 Å². The highest BCUT2D eigenvalue weighted by Gasteiger charge is 2.18. The molecule has 2 atom stereocenters. The number of ether oxygens (including phenoxy) is 1. The van der Waals surface area contributed by atoms with Crippen LogP contribution in [0.3, 0.4) is 0 Å². The van der Waals surface area contributed by atoms with Gasteiger partial charge in [0, 0.05) is 13.5 Å². The second-order valence-corrected chi connectivity index (χ2v) is 3.96. The highest BCUT2D eigenvalue weighted by atomic mass is 19.1. The number of rotatable bonds is 6. The number of hydrogen-bond acceptors (Lipinski definition) is 2. The van der Waals surface area contributed by atoms with Crippen molar-refractivity contribution in [3.63, 3.8) is 0 Å². The molecule has 0 aliphatic heterocycles. The maximum Gasteiger partial charge on any atom is 0.123 e. The first-order valence-electron chi connectivity index (χ1n) is 5.62. The smallest absolute Gasteiger partial charge is 0.123 e. The lowest BCUT2D eigenvalue weighted by Crippen LogP contribution is -2.29. The summed E-state index contributed by atoms with van der Waals surface area (Å²) in [5.41, 5.74) is 0.797. The third-order valence-electron chi connectivity index (χ3n) is 2.64. The fourth-order valence-electron chi connectivity index (χ4n) is 1.79. The molecule has 0 aliphatic carbocycles. The average molecular weight is 226 g/mol. The fraction of sp³-hybridized carbons (Fsp3) is 0.538. The standard InChI is InChI=1S/C13H19FO2/c1-3-5-13(16-2)12(15)9-10-6-4-7-11(14)8-10/h4,6-8,12-13,15H,3,5,9H2,1-2H3. The summed E-state index contributed by atoms with van der Waals surface area (Å²) in [6.07, 6.45) is 1.45. The van der Waals surface area contributed by atoms with E-state index in [1.807, 2.05) is 13.0 Å². The largest absolute Gasteiger partial charge is 0.390 e. The molecule has 0 saturated heterocycles. The van der Waals surface area contributed by atoms with Gasteiger partial charge in [-0.25, -0.2) is 4.39 Å². The van der Waals surface area contributed by atoms with E-state index in [1.54, 1.807) is 13.2 Å². The Labute approximate surface area is 96.1 Å². The summed E-state index contributed by atoms with van der Waals surface area (Å²) < 4.78 is 18.1. The van der Waals surface area contributed by atoms with Gasteiger partial charge >= 0.3 is 0 Å². The van der Waals surface area contributed by atoms with Gasteiger partial charge in [-0.05, 0) is 24.1 Å². The summed E-state index contributed by atoms with van der Waals surface area (Å²) >= 11 is 0. The quantitative estimate of drug-likeness (QED) is 0.807. The van der Waals surface area contributed by atoms with Crippen molar-refractivity contribution < 1.29 is 14.2 Å². The molecular formula is C13H19FO2. The third-order valence-corrected chi connectivity index (χ3v) is 2.64. The fourth-order valence-corrected chi connectivity index (χ4v) is 1.79. The van der Waals surface area contributed by atoms with Crippen molar-refractivity contribution in [2.24, 2.45) is 0 Å². The number of halogens is 1. The van der Waals surface area contributed by atoms with Gasteiger partial charge in [0.15, 0.2) is 0 Å². The van der Waals surface area contributed by atoms with Gasteiger partial charge in [0.2, 0.25) is 0 Å². The van der Waals surface area contributed by atoms with E-state index in [9.17, 15) is 9.50 Å². The highest BCUT2D eigenvalue weighted by Crippen LogP contribution is 2.13. The van der Waals surface area contributed by atoms with Gasteiger partial charge < -0.3 is 9.84 Å². The van der Waals surface area contributed by atoms with Crippen molar-refractivity contribution in [3.8, 4) is 0 Å². The molecule has 1 aromatic rings. The van der Waals surface area contributed by atoms with Crippen LogP contribution in [0.2, 0.25) is 0 Å². The molecule has 3 heteroatoms. The molecule has 0 spiro atoms. The SMILES string of the molecule is CCCC(OC)C(O)Cc1cccc(F)c1. The molecule has 0 fully saturated rings. The Balaban J connectivity index is 2.58. The number of aliphatic hydroxyl groups is 1. The minimum absolute atomic E-state index is 0.173. The molecule has 2 unspecified atom stereocenters. The van der Waals surface area contributed by atoms with E-state index < -0.39 is 6.10 Å². The maximum absolute atomic E-state index is 12.9. The van der Waals surface area contributed by atoms with Crippen LogP contribution in [0, 0.1) is 5.82 Å². The molecule has 1 N–H and O–H groups in total. The second kappa shape index (κ2) is 6.61. The minimum atomic E-state index is -0.577. The van der Waals surface area contributed by atoms with E-state index in [4.69, 9.17) is 4.74 Å². The van der Waals surface area contributed by atoms with E-state index >= 15 is 0 Å². The average Bonchev–Trinajstić information content (AvgIpc) is 2.25. The summed E-state index contributed by atoms with van der Waals surface area (Å²) in [6.45, 7) is 2.04. The molecule has 0 amide bonds. The van der Waals surface area contributed by atoms with Crippen molar-refractivity contribution >= 4 is 0 Å². The second-order valence-electron chi connectivity index (χ2n) is 3.96. The Morgan fingerprint density at radius 3 is 2.75 bits per heavy atom. The van der Waals surface area contributed by atoms with E-state index in [-0.39, 0.29) is 11.9 Å². The molecule has 90 valence electrons. The van der Waals surface area contributed by atoms with Crippen LogP contribution in [0.15, 0.2) is 24.3 Å². The van der Waals surface area contributed by atoms with Crippen LogP contribution in [-0.4, -0.2) is 24.4 Å². The van der Waals surface area contributed by atoms with Crippen LogP contribution in [0.4, 0.5) is 4.39 Å². The molecule has 0 saturated carbocycles. The summed E-state index contributed by atoms with van der Waals surface area (Å²) in [5.74, 6) is -0.269. The van der Waals surface area contributed by atoms with Crippen molar-refractivity contribution in [2.45, 2.75) is 38.4 Å². The van der Waals surface area contributed by atoms with Crippen molar-refractivity contribution in [1.82, 2.24) is 0 Å². The van der Waals surface area contributed by atoms with Gasteiger partial charge in [0.05, 0.1) is 12.2 Å². The van der Waals surface area contributed by atoms with E-state index in [0.29, 0.717) is 6.42 Å². The first kappa shape index (κ1) is 13.1. The molecule has 1 aromatic carbocycles. The molecule has 0 aliphatic rings. The Morgan fingerprint density at radius 1 is 1.44 bits per heavy atom. The predicted molar refractivity (Wildman–Crippen MR) is 61.8 cm³/mol. The molecule has 0 bridgehead atoms. The molecule has 1 rings (SSSR count). The van der Waals surface area contributed by atoms with E-state index in [1.165, 1.54) is 12.1 Å². The number of aliphatic hydroxyl groups excluding tert-OH is 1. The molecule has 0 aromatic heterocycles. The zero-order valence-electron chi connectivity index (χ0n) is 9.82. The van der Waals surface area contributed by atoms with Crippen LogP contribution >= 0.6 is 0 Å². The number of benzene rings is 1. The van der Waals surface area contributed by atoms with Crippen molar-refractivity contribution in [2.75, 3.05) is 7.11 Å². The zero-order chi connectivity index (χ0) is 12.0. The summed E-state index contributed by atoms with van der Waals surface area (Å²) in [5, 5.41) is 9.94. The van der Waals surface area contributed by atoms with Gasteiger partial charge in [-0.2, -0.15) is 0 Å².